The number of fused-ring (bicyclic) bond motifs is 3. The molecule has 8 aliphatic carbocycles. The quantitative estimate of drug-likeness (QED) is 0.0182. The average Bonchev–Trinajstić information content (AvgIpc) is 1.47. The molecule has 16 rings (SSSR count). The summed E-state index contributed by atoms with van der Waals surface area (Å²) in [5.41, 5.74) is -4.12. The van der Waals surface area contributed by atoms with Crippen molar-refractivity contribution in [3.8, 4) is 4.90 Å². The predicted octanol–water partition coefficient (Wildman–Crippen LogP) is 19.0. The lowest BCUT2D eigenvalue weighted by Crippen LogP contribution is -2.60. The molecule has 0 saturated heterocycles. The van der Waals surface area contributed by atoms with Gasteiger partial charge in [0, 0.05) is 50.8 Å². The van der Waals surface area contributed by atoms with Crippen LogP contribution in [-0.2, 0) is 84.4 Å². The molecule has 115 heavy (non-hydrogen) atoms. The summed E-state index contributed by atoms with van der Waals surface area (Å²) >= 11 is 0. The highest BCUT2D eigenvalue weighted by Crippen LogP contribution is 2.65. The first-order valence-corrected chi connectivity index (χ1v) is 42.1. The van der Waals surface area contributed by atoms with Gasteiger partial charge in [-0.1, -0.05) is 74.3 Å². The number of alkyl halides is 6. The Kier molecular flexibility index (Phi) is 26.8. The van der Waals surface area contributed by atoms with Crippen LogP contribution in [0.3, 0.4) is 0 Å². The number of carbonyl (C=O) groups excluding carboxylic acids is 5. The maximum Gasteiger partial charge on any atom is 0.426 e. The van der Waals surface area contributed by atoms with Crippen molar-refractivity contribution in [3.63, 3.8) is 0 Å². The molecule has 0 N–H and O–H groups in total. The summed E-state index contributed by atoms with van der Waals surface area (Å²) < 4.78 is 225. The number of hydrogen-bond donors (Lipinski definition) is 0. The van der Waals surface area contributed by atoms with Gasteiger partial charge < -0.3 is 32.8 Å². The SMILES string of the molecule is C=C(C)C(=O)OC(C)(C)c1cccc(F)c1.C=C(C)C(=O)OC12CC3CC(C1)CC(C(=O)OC(CS(=O)(=O)[O-])C(F)(F)F)(C3)C2.C=C(C)C(=O)OC12CC3CC(C1)CC(C(=O)OC(CS(=O)(=O)[O-])C(F)(F)F)(C3)C2.Fc1ccc([S+](c2ccc(F)cc2)c2ccc(F)cc2)cc1.c1ccc(-[s+]2c3ccccc3c3ccccc32)cc1. The van der Waals surface area contributed by atoms with Gasteiger partial charge in [-0.15, -0.1) is 0 Å². The van der Waals surface area contributed by atoms with Gasteiger partial charge in [-0.25, -0.2) is 48.8 Å². The number of esters is 5. The smallest absolute Gasteiger partial charge is 0.426 e. The molecule has 16 nitrogen and oxygen atoms in total. The van der Waals surface area contributed by atoms with Crippen molar-refractivity contribution < 1.29 is 118 Å². The Morgan fingerprint density at radius 3 is 1.13 bits per heavy atom. The van der Waals surface area contributed by atoms with Crippen LogP contribution in [0.2, 0.25) is 0 Å². The van der Waals surface area contributed by atoms with Crippen molar-refractivity contribution in [2.45, 2.75) is 168 Å². The largest absolute Gasteiger partial charge is 0.748 e. The monoisotopic (exact) mass is 1680 g/mol. The highest BCUT2D eigenvalue weighted by molar-refractivity contribution is 7.97. The summed E-state index contributed by atoms with van der Waals surface area (Å²) in [6, 6.07) is 52.9. The summed E-state index contributed by atoms with van der Waals surface area (Å²) in [6.07, 6.45) is -11.7. The van der Waals surface area contributed by atoms with E-state index in [4.69, 9.17) is 14.2 Å². The number of benzene rings is 7. The fourth-order valence-corrected chi connectivity index (χ4v) is 22.6. The lowest BCUT2D eigenvalue weighted by molar-refractivity contribution is -0.237. The molecule has 1 aromatic heterocycles. The van der Waals surface area contributed by atoms with Crippen LogP contribution in [0, 0.1) is 57.8 Å². The van der Waals surface area contributed by atoms with Crippen LogP contribution in [0.4, 0.5) is 43.9 Å². The van der Waals surface area contributed by atoms with E-state index in [0.29, 0.717) is 36.8 Å². The molecule has 6 unspecified atom stereocenters. The van der Waals surface area contributed by atoms with Crippen molar-refractivity contribution in [1.29, 1.82) is 0 Å². The highest BCUT2D eigenvalue weighted by Gasteiger charge is 2.66. The minimum Gasteiger partial charge on any atom is -0.748 e. The van der Waals surface area contributed by atoms with Crippen molar-refractivity contribution in [1.82, 2.24) is 0 Å². The second kappa shape index (κ2) is 34.9. The molecule has 0 aliphatic heterocycles. The second-order valence-corrected chi connectivity index (χ2v) is 37.9. The van der Waals surface area contributed by atoms with Crippen LogP contribution in [0.15, 0.2) is 227 Å². The molecule has 0 radical (unpaired) electrons. The van der Waals surface area contributed by atoms with Crippen molar-refractivity contribution in [2.75, 3.05) is 11.5 Å². The van der Waals surface area contributed by atoms with Gasteiger partial charge in [0.2, 0.25) is 12.2 Å². The van der Waals surface area contributed by atoms with Crippen molar-refractivity contribution in [2.24, 2.45) is 34.5 Å². The summed E-state index contributed by atoms with van der Waals surface area (Å²) in [6.45, 7) is 18.5. The van der Waals surface area contributed by atoms with E-state index in [1.54, 1.807) is 69.3 Å². The third-order valence-electron chi connectivity index (χ3n) is 21.0. The molecule has 8 saturated carbocycles. The Hall–Kier alpha value is -9.20. The van der Waals surface area contributed by atoms with Crippen LogP contribution in [0.1, 0.15) is 117 Å². The molecule has 1 heterocycles. The maximum atomic E-state index is 13.2. The van der Waals surface area contributed by atoms with Gasteiger partial charge in [0.15, 0.2) is 29.0 Å². The zero-order valence-electron chi connectivity index (χ0n) is 63.2. The Labute approximate surface area is 665 Å². The Balaban J connectivity index is 0.000000154. The minimum atomic E-state index is -5.27. The molecule has 8 bridgehead atoms. The van der Waals surface area contributed by atoms with Crippen molar-refractivity contribution in [3.05, 3.63) is 241 Å². The average molecular weight is 1680 g/mol. The van der Waals surface area contributed by atoms with Gasteiger partial charge in [-0.05, 0) is 249 Å². The second-order valence-electron chi connectivity index (χ2n) is 31.0. The molecular weight excluding hydrogens is 1600 g/mol. The standard InChI is InChI=1S/2C18H23F3O7S.C18H12F3S.C18H13S.C13H15FO2/c2*1-10(2)14(22)28-17-6-11-3-12(7-17)5-16(4-11,9-17)15(23)27-13(18(19,20)21)8-29(24,25)26;19-13-1-7-16(8-2-13)22(17-9-3-14(20)4-10-17)18-11-5-15(21)6-12-18;1-2-8-14(9-3-1)19-17-12-6-4-10-15(17)16-11-5-7-13-18(16)19;1-9(2)12(15)16-13(3,4)10-6-5-7-11(14)8-10/h2*11-13H,1,3-9H2,2H3,(H,24,25,26);1-12H;1-13H;5-8H,1H2,2-4H3/q;;2*+1;/p-2. The zero-order chi connectivity index (χ0) is 84.2. The van der Waals surface area contributed by atoms with E-state index in [2.05, 4.69) is 108 Å². The van der Waals surface area contributed by atoms with Gasteiger partial charge >= 0.3 is 42.2 Å². The molecule has 614 valence electrons. The fourth-order valence-electron chi connectivity index (χ4n) is 16.9. The maximum absolute atomic E-state index is 13.2. The lowest BCUT2D eigenvalue weighted by atomic mass is 9.48. The summed E-state index contributed by atoms with van der Waals surface area (Å²) in [4.78, 5) is 65.3. The third kappa shape index (κ3) is 22.1. The number of halogens is 10. The van der Waals surface area contributed by atoms with Crippen molar-refractivity contribution >= 4 is 91.6 Å². The number of carbonyl (C=O) groups is 5. The molecular formula is C85H84F10O16S4. The van der Waals surface area contributed by atoms with E-state index in [-0.39, 0.29) is 107 Å². The van der Waals surface area contributed by atoms with Crippen LogP contribution in [0.25, 0.3) is 25.1 Å². The molecule has 8 fully saturated rings. The fraction of sp³-hybridized carbons (Fsp3) is 0.376. The van der Waals surface area contributed by atoms with Gasteiger partial charge in [0.25, 0.3) is 0 Å². The number of hydrogen-bond acceptors (Lipinski definition) is 16. The molecule has 8 aromatic rings. The third-order valence-corrected chi connectivity index (χ3v) is 27.0. The predicted molar refractivity (Wildman–Crippen MR) is 409 cm³/mol. The number of thiophene rings is 1. The van der Waals surface area contributed by atoms with E-state index in [1.165, 1.54) is 87.4 Å². The summed E-state index contributed by atoms with van der Waals surface area (Å²) in [5.74, 6) is -9.22. The first-order chi connectivity index (χ1) is 53.7. The van der Waals surface area contributed by atoms with Gasteiger partial charge in [-0.3, -0.25) is 9.59 Å². The number of rotatable bonds is 19. The normalized spacial score (nSPS) is 22.9. The number of ether oxygens (including phenoxy) is 5. The first-order valence-electron chi connectivity index (χ1n) is 36.5. The van der Waals surface area contributed by atoms with Gasteiger partial charge in [-0.2, -0.15) is 26.3 Å². The molecule has 0 spiro atoms. The molecule has 7 aromatic carbocycles. The zero-order valence-corrected chi connectivity index (χ0v) is 66.4. The summed E-state index contributed by atoms with van der Waals surface area (Å²) in [7, 11) is -11.0. The van der Waals surface area contributed by atoms with E-state index >= 15 is 0 Å². The Morgan fingerprint density at radius 1 is 0.470 bits per heavy atom. The van der Waals surface area contributed by atoms with Crippen LogP contribution < -0.4 is 0 Å². The van der Waals surface area contributed by atoms with E-state index in [9.17, 15) is 93.8 Å². The highest BCUT2D eigenvalue weighted by atomic mass is 32.2. The van der Waals surface area contributed by atoms with Crippen LogP contribution >= 0.6 is 10.5 Å². The van der Waals surface area contributed by atoms with E-state index < -0.39 is 125 Å². The molecule has 6 atom stereocenters. The van der Waals surface area contributed by atoms with Crippen LogP contribution in [-0.4, -0.2) is 103 Å². The van der Waals surface area contributed by atoms with Gasteiger partial charge in [0.1, 0.15) is 40.1 Å². The van der Waals surface area contributed by atoms with Crippen LogP contribution in [0.5, 0.6) is 0 Å². The first kappa shape index (κ1) is 88.2. The van der Waals surface area contributed by atoms with E-state index in [1.807, 2.05) is 0 Å². The minimum absolute atomic E-state index is 0.0134. The van der Waals surface area contributed by atoms with E-state index in [0.717, 1.165) is 27.5 Å². The molecule has 0 amide bonds. The molecule has 8 aliphatic rings. The summed E-state index contributed by atoms with van der Waals surface area (Å²) in [5, 5.41) is 2.79. The van der Waals surface area contributed by atoms with Gasteiger partial charge in [0.05, 0.1) is 53.5 Å². The lowest BCUT2D eigenvalue weighted by Gasteiger charge is -2.59. The topological polar surface area (TPSA) is 246 Å². The Bertz CT molecular complexity index is 4860. The molecule has 30 heteroatoms. The Morgan fingerprint density at radius 2 is 0.809 bits per heavy atom.